The van der Waals surface area contributed by atoms with Crippen molar-refractivity contribution in [3.05, 3.63) is 68.4 Å². The minimum atomic E-state index is -0.578. The van der Waals surface area contributed by atoms with Gasteiger partial charge in [-0.05, 0) is 42.3 Å². The summed E-state index contributed by atoms with van der Waals surface area (Å²) in [6, 6.07) is 12.2. The summed E-state index contributed by atoms with van der Waals surface area (Å²) in [7, 11) is 0. The molecular weight excluding hydrogens is 350 g/mol. The normalized spacial score (nSPS) is 23.8. The second-order valence-electron chi connectivity index (χ2n) is 6.46. The van der Waals surface area contributed by atoms with Crippen LogP contribution in [-0.4, -0.2) is 16.4 Å². The van der Waals surface area contributed by atoms with Crippen molar-refractivity contribution in [2.75, 3.05) is 4.90 Å². The number of aromatic nitrogens is 1. The van der Waals surface area contributed by atoms with E-state index in [0.29, 0.717) is 12.0 Å². The maximum absolute atomic E-state index is 13.0. The number of carbonyl (C=O) groups is 1. The molecule has 0 radical (unpaired) electrons. The molecule has 0 bridgehead atoms. The fourth-order valence-corrected chi connectivity index (χ4v) is 5.81. The zero-order chi connectivity index (χ0) is 17.2. The van der Waals surface area contributed by atoms with Crippen LogP contribution in [0.25, 0.3) is 0 Å². The second kappa shape index (κ2) is 5.01. The van der Waals surface area contributed by atoms with Gasteiger partial charge < -0.3 is 0 Å². The van der Waals surface area contributed by atoms with E-state index in [9.17, 15) is 10.1 Å². The van der Waals surface area contributed by atoms with Crippen molar-refractivity contribution < 1.29 is 4.79 Å². The fourth-order valence-electron chi connectivity index (χ4n) is 4.01. The highest BCUT2D eigenvalue weighted by Gasteiger charge is 2.72. The van der Waals surface area contributed by atoms with E-state index in [1.807, 2.05) is 28.5 Å². The molecule has 1 aromatic carbocycles. The minimum absolute atomic E-state index is 0.0362. The van der Waals surface area contributed by atoms with E-state index < -0.39 is 5.54 Å². The Morgan fingerprint density at radius 1 is 1.36 bits per heavy atom. The molecule has 122 valence electrons. The van der Waals surface area contributed by atoms with Gasteiger partial charge >= 0.3 is 0 Å². The fraction of sp³-hybridized carbons (Fsp3) is 0.211. The molecule has 6 heteroatoms. The lowest BCUT2D eigenvalue weighted by Gasteiger charge is -2.17. The smallest absolute Gasteiger partial charge is 0.257 e. The Labute approximate surface area is 153 Å². The third kappa shape index (κ3) is 1.91. The van der Waals surface area contributed by atoms with Gasteiger partial charge in [0.2, 0.25) is 0 Å². The molecule has 2 aromatic heterocycles. The van der Waals surface area contributed by atoms with Gasteiger partial charge in [0.1, 0.15) is 5.54 Å². The number of fused-ring (bicyclic) bond motifs is 1. The van der Waals surface area contributed by atoms with Gasteiger partial charge in [0.05, 0.1) is 17.6 Å². The molecule has 0 unspecified atom stereocenters. The predicted molar refractivity (Wildman–Crippen MR) is 98.1 cm³/mol. The number of thiophene rings is 1. The predicted octanol–water partition coefficient (Wildman–Crippen LogP) is 3.86. The number of amides is 1. The van der Waals surface area contributed by atoms with Crippen LogP contribution in [0.15, 0.2) is 41.9 Å². The number of thiazole rings is 1. The van der Waals surface area contributed by atoms with Crippen LogP contribution in [0, 0.1) is 18.3 Å². The molecule has 25 heavy (non-hydrogen) atoms. The standard InChI is InChI=1S/C19H13N3OS2/c1-11-2-5-15(25-11)16-14-8-12(10-20)3-4-13(14)9-19(16)17(23)22(19)18-21-6-7-24-18/h2-8,16H,9H2,1H3/t16-,19+,22?/m1/s1. The lowest BCUT2D eigenvalue weighted by atomic mass is 9.90. The Hall–Kier alpha value is -2.49. The number of carbonyl (C=O) groups excluding carboxylic acids is 1. The molecule has 1 aliphatic carbocycles. The number of nitriles is 1. The van der Waals surface area contributed by atoms with Crippen LogP contribution >= 0.6 is 22.7 Å². The van der Waals surface area contributed by atoms with E-state index in [2.05, 4.69) is 30.1 Å². The van der Waals surface area contributed by atoms with Gasteiger partial charge in [-0.3, -0.25) is 9.69 Å². The molecule has 1 amide bonds. The summed E-state index contributed by atoms with van der Waals surface area (Å²) < 4.78 is 0. The first-order valence-electron chi connectivity index (χ1n) is 7.98. The van der Waals surface area contributed by atoms with E-state index in [-0.39, 0.29) is 11.8 Å². The number of anilines is 1. The lowest BCUT2D eigenvalue weighted by molar-refractivity contribution is -0.111. The van der Waals surface area contributed by atoms with Gasteiger partial charge in [-0.1, -0.05) is 6.07 Å². The first-order chi connectivity index (χ1) is 12.1. The minimum Gasteiger partial charge on any atom is -0.272 e. The summed E-state index contributed by atoms with van der Waals surface area (Å²) in [5.41, 5.74) is 2.32. The number of hydrogen-bond acceptors (Lipinski definition) is 5. The number of nitrogens with zero attached hydrogens (tertiary/aromatic N) is 3. The van der Waals surface area contributed by atoms with Crippen LogP contribution < -0.4 is 4.90 Å². The van der Waals surface area contributed by atoms with Crippen molar-refractivity contribution in [3.63, 3.8) is 0 Å². The maximum atomic E-state index is 13.0. The van der Waals surface area contributed by atoms with E-state index in [1.165, 1.54) is 21.1 Å². The van der Waals surface area contributed by atoms with Crippen molar-refractivity contribution in [1.29, 1.82) is 5.26 Å². The molecule has 2 aliphatic rings. The van der Waals surface area contributed by atoms with Crippen molar-refractivity contribution in [1.82, 2.24) is 4.98 Å². The SMILES string of the molecule is Cc1ccc([C@H]2c3cc(C#N)ccc3C[C@@]23C(=O)N3c2nccs2)s1. The van der Waals surface area contributed by atoms with Crippen LogP contribution in [0.4, 0.5) is 5.13 Å². The maximum Gasteiger partial charge on any atom is 0.257 e. The number of aryl methyl sites for hydroxylation is 1. The van der Waals surface area contributed by atoms with E-state index >= 15 is 0 Å². The first-order valence-corrected chi connectivity index (χ1v) is 9.68. The van der Waals surface area contributed by atoms with Gasteiger partial charge in [0.25, 0.3) is 5.91 Å². The molecule has 4 nitrogen and oxygen atoms in total. The summed E-state index contributed by atoms with van der Waals surface area (Å²) in [6.07, 6.45) is 2.41. The van der Waals surface area contributed by atoms with Gasteiger partial charge in [0, 0.05) is 27.8 Å². The molecule has 3 heterocycles. The zero-order valence-electron chi connectivity index (χ0n) is 13.4. The molecule has 3 aromatic rings. The van der Waals surface area contributed by atoms with Crippen LogP contribution in [0.5, 0.6) is 0 Å². The molecule has 1 saturated heterocycles. The second-order valence-corrected chi connectivity index (χ2v) is 8.66. The molecule has 5 rings (SSSR count). The lowest BCUT2D eigenvalue weighted by Crippen LogP contribution is -2.25. The largest absolute Gasteiger partial charge is 0.272 e. The van der Waals surface area contributed by atoms with Crippen molar-refractivity contribution >= 4 is 33.7 Å². The van der Waals surface area contributed by atoms with E-state index in [1.54, 1.807) is 17.5 Å². The van der Waals surface area contributed by atoms with Crippen molar-refractivity contribution in [3.8, 4) is 6.07 Å². The topological polar surface area (TPSA) is 56.8 Å². The third-order valence-corrected chi connectivity index (χ3v) is 6.92. The van der Waals surface area contributed by atoms with Crippen LogP contribution in [-0.2, 0) is 11.2 Å². The number of rotatable bonds is 2. The zero-order valence-corrected chi connectivity index (χ0v) is 15.0. The number of benzene rings is 1. The molecule has 2 atom stereocenters. The van der Waals surface area contributed by atoms with Gasteiger partial charge in [0.15, 0.2) is 5.13 Å². The average Bonchev–Trinajstić information content (AvgIpc) is 3.13. The molecule has 0 saturated carbocycles. The quantitative estimate of drug-likeness (QED) is 0.650. The van der Waals surface area contributed by atoms with E-state index in [4.69, 9.17) is 0 Å². The van der Waals surface area contributed by atoms with E-state index in [0.717, 1.165) is 16.3 Å². The highest BCUT2D eigenvalue weighted by Crippen LogP contribution is 2.59. The summed E-state index contributed by atoms with van der Waals surface area (Å²) in [5.74, 6) is 0.0964. The van der Waals surface area contributed by atoms with Crippen molar-refractivity contribution in [2.45, 2.75) is 24.8 Å². The van der Waals surface area contributed by atoms with Crippen LogP contribution in [0.1, 0.15) is 32.4 Å². The third-order valence-electron chi connectivity index (χ3n) is 5.10. The Kier molecular flexibility index (Phi) is 2.97. The number of hydrogen-bond donors (Lipinski definition) is 0. The first kappa shape index (κ1) is 14.8. The molecular formula is C19H13N3OS2. The highest BCUT2D eigenvalue weighted by molar-refractivity contribution is 7.14. The van der Waals surface area contributed by atoms with Gasteiger partial charge in [-0.15, -0.1) is 22.7 Å². The Bertz CT molecular complexity index is 1050. The van der Waals surface area contributed by atoms with Gasteiger partial charge in [-0.25, -0.2) is 4.98 Å². The molecule has 0 N–H and O–H groups in total. The van der Waals surface area contributed by atoms with Crippen LogP contribution in [0.3, 0.4) is 0 Å². The summed E-state index contributed by atoms with van der Waals surface area (Å²) in [4.78, 5) is 21.6. The summed E-state index contributed by atoms with van der Waals surface area (Å²) in [6.45, 7) is 2.08. The Balaban J connectivity index is 1.70. The Morgan fingerprint density at radius 3 is 2.92 bits per heavy atom. The highest BCUT2D eigenvalue weighted by atomic mass is 32.1. The molecule has 1 fully saturated rings. The van der Waals surface area contributed by atoms with Crippen molar-refractivity contribution in [2.24, 2.45) is 0 Å². The molecule has 1 spiro atoms. The van der Waals surface area contributed by atoms with Gasteiger partial charge in [-0.2, -0.15) is 5.26 Å². The summed E-state index contributed by atoms with van der Waals surface area (Å²) in [5, 5.41) is 12.0. The molecule has 1 aliphatic heterocycles. The average molecular weight is 363 g/mol. The monoisotopic (exact) mass is 363 g/mol. The summed E-state index contributed by atoms with van der Waals surface area (Å²) >= 11 is 3.22. The van der Waals surface area contributed by atoms with Crippen LogP contribution in [0.2, 0.25) is 0 Å². The Morgan fingerprint density at radius 2 is 2.24 bits per heavy atom.